The van der Waals surface area contributed by atoms with E-state index in [9.17, 15) is 19.5 Å². The van der Waals surface area contributed by atoms with E-state index < -0.39 is 29.5 Å². The Bertz CT molecular complexity index is 809. The van der Waals surface area contributed by atoms with Gasteiger partial charge in [0.25, 0.3) is 5.56 Å². The van der Waals surface area contributed by atoms with Gasteiger partial charge in [-0.25, -0.2) is 0 Å². The molecule has 0 radical (unpaired) electrons. The number of Topliss-reactive ketones (excluding diaryl/α,β-unsaturated/α-hetero) is 1. The molecule has 21 heavy (non-hydrogen) atoms. The zero-order valence-electron chi connectivity index (χ0n) is 11.1. The molecule has 0 fully saturated rings. The van der Waals surface area contributed by atoms with E-state index >= 15 is 0 Å². The maximum absolute atomic E-state index is 12.2. The molecule has 0 spiro atoms. The third-order valence-corrected chi connectivity index (χ3v) is 3.85. The van der Waals surface area contributed by atoms with E-state index in [1.807, 2.05) is 0 Å². The fourth-order valence-corrected chi connectivity index (χ4v) is 2.67. The fourth-order valence-electron chi connectivity index (χ4n) is 2.13. The summed E-state index contributed by atoms with van der Waals surface area (Å²) in [6.07, 6.45) is -0.733. The fraction of sp³-hybridized carbons (Fsp3) is 0.214. The van der Waals surface area contributed by atoms with Crippen LogP contribution < -0.4 is 5.56 Å². The largest absolute Gasteiger partial charge is 0.506 e. The Morgan fingerprint density at radius 3 is 2.57 bits per heavy atom. The number of halogens is 1. The van der Waals surface area contributed by atoms with Crippen molar-refractivity contribution in [2.24, 2.45) is 7.05 Å². The Hall–Kier alpha value is -2.15. The number of hydrogen-bond acceptors (Lipinski definition) is 4. The summed E-state index contributed by atoms with van der Waals surface area (Å²) < 4.78 is 1.80. The van der Waals surface area contributed by atoms with Crippen LogP contribution in [0.25, 0.3) is 10.9 Å². The predicted octanol–water partition coefficient (Wildman–Crippen LogP) is 2.05. The van der Waals surface area contributed by atoms with Crippen LogP contribution in [0.5, 0.6) is 5.75 Å². The monoisotopic (exact) mass is 353 g/mol. The first-order valence-corrected chi connectivity index (χ1v) is 6.89. The van der Waals surface area contributed by atoms with Crippen LogP contribution in [0, 0.1) is 0 Å². The summed E-state index contributed by atoms with van der Waals surface area (Å²) in [5, 5.41) is 19.2. The summed E-state index contributed by atoms with van der Waals surface area (Å²) in [7, 11) is 1.49. The minimum atomic E-state index is -1.14. The molecule has 0 amide bonds. The molecule has 0 aliphatic carbocycles. The van der Waals surface area contributed by atoms with E-state index in [4.69, 9.17) is 5.11 Å². The Kier molecular flexibility index (Phi) is 4.13. The van der Waals surface area contributed by atoms with Gasteiger partial charge in [0.15, 0.2) is 5.78 Å². The number of carbonyl (C=O) groups is 2. The molecule has 7 heteroatoms. The van der Waals surface area contributed by atoms with E-state index in [1.54, 1.807) is 18.2 Å². The number of pyridine rings is 1. The highest BCUT2D eigenvalue weighted by Gasteiger charge is 2.22. The maximum Gasteiger partial charge on any atom is 0.303 e. The smallest absolute Gasteiger partial charge is 0.303 e. The van der Waals surface area contributed by atoms with Crippen molar-refractivity contribution in [1.82, 2.24) is 4.57 Å². The second kappa shape index (κ2) is 5.69. The number of rotatable bonds is 4. The number of aromatic hydroxyl groups is 1. The Morgan fingerprint density at radius 2 is 1.95 bits per heavy atom. The van der Waals surface area contributed by atoms with E-state index in [0.29, 0.717) is 15.4 Å². The van der Waals surface area contributed by atoms with Crippen LogP contribution in [0.1, 0.15) is 23.2 Å². The second-order valence-electron chi connectivity index (χ2n) is 4.54. The second-order valence-corrected chi connectivity index (χ2v) is 5.39. The first kappa shape index (κ1) is 15.2. The number of aromatic nitrogens is 1. The number of aliphatic carboxylic acids is 1. The molecule has 0 aliphatic heterocycles. The Labute approximate surface area is 127 Å². The summed E-state index contributed by atoms with van der Waals surface area (Å²) in [4.78, 5) is 34.8. The maximum atomic E-state index is 12.2. The minimum absolute atomic E-state index is 0.339. The quantitative estimate of drug-likeness (QED) is 0.820. The highest BCUT2D eigenvalue weighted by Crippen LogP contribution is 2.32. The van der Waals surface area contributed by atoms with Crippen molar-refractivity contribution in [1.29, 1.82) is 0 Å². The van der Waals surface area contributed by atoms with Crippen LogP contribution in [0.4, 0.5) is 0 Å². The highest BCUT2D eigenvalue weighted by atomic mass is 79.9. The molecule has 6 nitrogen and oxygen atoms in total. The molecule has 110 valence electrons. The molecule has 0 saturated heterocycles. The number of carboxylic acid groups (broad SMARTS) is 1. The molecule has 0 saturated carbocycles. The van der Waals surface area contributed by atoms with Crippen LogP contribution in [-0.4, -0.2) is 26.5 Å². The standard InChI is InChI=1S/C14H12BrNO5/c1-16-8-4-2-3-7(15)11(8)13(20)12(14(16)21)9(17)5-6-10(18)19/h2-4,20H,5-6H2,1H3,(H,18,19). The van der Waals surface area contributed by atoms with Gasteiger partial charge in [0.1, 0.15) is 11.3 Å². The van der Waals surface area contributed by atoms with Gasteiger partial charge in [-0.15, -0.1) is 0 Å². The SMILES string of the molecule is Cn1c(=O)c(C(=O)CCC(=O)O)c(O)c2c(Br)cccc21. The van der Waals surface area contributed by atoms with Crippen molar-refractivity contribution in [2.45, 2.75) is 12.8 Å². The predicted molar refractivity (Wildman–Crippen MR) is 79.8 cm³/mol. The van der Waals surface area contributed by atoms with Crippen molar-refractivity contribution < 1.29 is 19.8 Å². The lowest BCUT2D eigenvalue weighted by Crippen LogP contribution is -2.25. The van der Waals surface area contributed by atoms with E-state index in [-0.39, 0.29) is 12.0 Å². The van der Waals surface area contributed by atoms with Crippen molar-refractivity contribution in [3.05, 3.63) is 38.6 Å². The Morgan fingerprint density at radius 1 is 1.29 bits per heavy atom. The zero-order chi connectivity index (χ0) is 15.7. The molecule has 2 rings (SSSR count). The van der Waals surface area contributed by atoms with E-state index in [2.05, 4.69) is 15.9 Å². The summed E-state index contributed by atoms with van der Waals surface area (Å²) in [6.45, 7) is 0. The van der Waals surface area contributed by atoms with Gasteiger partial charge in [-0.3, -0.25) is 14.4 Å². The van der Waals surface area contributed by atoms with E-state index in [1.165, 1.54) is 11.6 Å². The van der Waals surface area contributed by atoms with Crippen LogP contribution in [0.3, 0.4) is 0 Å². The topological polar surface area (TPSA) is 96.6 Å². The number of ketones is 1. The molecular weight excluding hydrogens is 342 g/mol. The first-order chi connectivity index (χ1) is 9.84. The van der Waals surface area contributed by atoms with Gasteiger partial charge in [-0.1, -0.05) is 6.07 Å². The third kappa shape index (κ3) is 2.69. The summed E-state index contributed by atoms with van der Waals surface area (Å²) in [5.41, 5.74) is -0.548. The number of carbonyl (C=O) groups excluding carboxylic acids is 1. The highest BCUT2D eigenvalue weighted by molar-refractivity contribution is 9.10. The molecule has 1 aromatic carbocycles. The van der Waals surface area contributed by atoms with Crippen molar-refractivity contribution in [3.63, 3.8) is 0 Å². The molecule has 1 heterocycles. The van der Waals surface area contributed by atoms with Gasteiger partial charge in [-0.05, 0) is 28.1 Å². The first-order valence-electron chi connectivity index (χ1n) is 6.09. The van der Waals surface area contributed by atoms with Crippen LogP contribution in [0.2, 0.25) is 0 Å². The Balaban J connectivity index is 2.70. The lowest BCUT2D eigenvalue weighted by atomic mass is 10.0. The molecule has 0 atom stereocenters. The van der Waals surface area contributed by atoms with Gasteiger partial charge in [0.2, 0.25) is 0 Å². The molecular formula is C14H12BrNO5. The average molecular weight is 354 g/mol. The number of fused-ring (bicyclic) bond motifs is 1. The van der Waals surface area contributed by atoms with Crippen molar-refractivity contribution in [2.75, 3.05) is 0 Å². The summed E-state index contributed by atoms with van der Waals surface area (Å²) in [5.74, 6) is -2.24. The van der Waals surface area contributed by atoms with Crippen LogP contribution >= 0.6 is 15.9 Å². The number of aryl methyl sites for hydroxylation is 1. The number of nitrogens with zero attached hydrogens (tertiary/aromatic N) is 1. The van der Waals surface area contributed by atoms with Crippen LogP contribution in [-0.2, 0) is 11.8 Å². The summed E-state index contributed by atoms with van der Waals surface area (Å²) in [6, 6.07) is 5.03. The van der Waals surface area contributed by atoms with Gasteiger partial charge in [0.05, 0.1) is 17.3 Å². The normalized spacial score (nSPS) is 10.8. The van der Waals surface area contributed by atoms with Gasteiger partial charge < -0.3 is 14.8 Å². The van der Waals surface area contributed by atoms with Gasteiger partial charge in [-0.2, -0.15) is 0 Å². The number of carboxylic acids is 1. The molecule has 0 bridgehead atoms. The lowest BCUT2D eigenvalue weighted by molar-refractivity contribution is -0.136. The lowest BCUT2D eigenvalue weighted by Gasteiger charge is -2.12. The molecule has 2 N–H and O–H groups in total. The minimum Gasteiger partial charge on any atom is -0.506 e. The van der Waals surface area contributed by atoms with Gasteiger partial charge >= 0.3 is 5.97 Å². The van der Waals surface area contributed by atoms with Gasteiger partial charge in [0, 0.05) is 17.9 Å². The third-order valence-electron chi connectivity index (χ3n) is 3.19. The molecule has 0 aliphatic rings. The van der Waals surface area contributed by atoms with Crippen LogP contribution in [0.15, 0.2) is 27.5 Å². The average Bonchev–Trinajstić information content (AvgIpc) is 2.42. The zero-order valence-corrected chi connectivity index (χ0v) is 12.7. The number of benzene rings is 1. The summed E-state index contributed by atoms with van der Waals surface area (Å²) >= 11 is 3.27. The van der Waals surface area contributed by atoms with E-state index in [0.717, 1.165) is 0 Å². The van der Waals surface area contributed by atoms with Crippen molar-refractivity contribution >= 4 is 38.6 Å². The molecule has 2 aromatic rings. The number of hydrogen-bond donors (Lipinski definition) is 2. The molecule has 1 aromatic heterocycles. The van der Waals surface area contributed by atoms with Crippen molar-refractivity contribution in [3.8, 4) is 5.75 Å². The molecule has 0 unspecified atom stereocenters.